The van der Waals surface area contributed by atoms with E-state index >= 15 is 0 Å². The molecule has 0 spiro atoms. The zero-order valence-corrected chi connectivity index (χ0v) is 16.1. The second-order valence-electron chi connectivity index (χ2n) is 7.69. The minimum Gasteiger partial charge on any atom is -0.484 e. The normalized spacial score (nSPS) is 19.6. The summed E-state index contributed by atoms with van der Waals surface area (Å²) in [5.41, 5.74) is -1.12. The van der Waals surface area contributed by atoms with Gasteiger partial charge in [0.25, 0.3) is 5.91 Å². The van der Waals surface area contributed by atoms with E-state index in [9.17, 15) is 19.5 Å². The second-order valence-corrected chi connectivity index (χ2v) is 7.69. The van der Waals surface area contributed by atoms with Gasteiger partial charge in [0.1, 0.15) is 11.3 Å². The lowest BCUT2D eigenvalue weighted by atomic mass is 9.81. The molecule has 1 aliphatic heterocycles. The predicted molar refractivity (Wildman–Crippen MR) is 103 cm³/mol. The first-order valence-corrected chi connectivity index (χ1v) is 10.0. The molecule has 1 aromatic carbocycles. The summed E-state index contributed by atoms with van der Waals surface area (Å²) in [6.45, 7) is 0.938. The van der Waals surface area contributed by atoms with Crippen LogP contribution in [-0.2, 0) is 14.4 Å². The Morgan fingerprint density at radius 1 is 1.07 bits per heavy atom. The van der Waals surface area contributed by atoms with Gasteiger partial charge in [0.15, 0.2) is 6.61 Å². The number of rotatable bonds is 6. The van der Waals surface area contributed by atoms with Crippen molar-refractivity contribution in [3.63, 3.8) is 0 Å². The molecule has 0 radical (unpaired) electrons. The summed E-state index contributed by atoms with van der Waals surface area (Å²) in [4.78, 5) is 38.4. The largest absolute Gasteiger partial charge is 0.484 e. The highest BCUT2D eigenvalue weighted by Gasteiger charge is 2.42. The molecule has 2 amide bonds. The number of para-hydroxylation sites is 1. The third-order valence-corrected chi connectivity index (χ3v) is 5.80. The fourth-order valence-electron chi connectivity index (χ4n) is 4.03. The van der Waals surface area contributed by atoms with Gasteiger partial charge in [-0.1, -0.05) is 37.5 Å². The number of amides is 2. The summed E-state index contributed by atoms with van der Waals surface area (Å²) in [7, 11) is 0. The summed E-state index contributed by atoms with van der Waals surface area (Å²) in [5, 5.41) is 12.4. The fraction of sp³-hybridized carbons (Fsp3) is 0.571. The number of nitrogens with zero attached hydrogens (tertiary/aromatic N) is 1. The minimum atomic E-state index is -1.12. The minimum absolute atomic E-state index is 0.0248. The summed E-state index contributed by atoms with van der Waals surface area (Å²) >= 11 is 0. The van der Waals surface area contributed by atoms with Crippen LogP contribution < -0.4 is 10.1 Å². The Hall–Kier alpha value is -2.57. The van der Waals surface area contributed by atoms with Crippen LogP contribution >= 0.6 is 0 Å². The Labute approximate surface area is 165 Å². The van der Waals surface area contributed by atoms with Crippen LogP contribution in [0.2, 0.25) is 0 Å². The lowest BCUT2D eigenvalue weighted by Crippen LogP contribution is -2.57. The molecule has 1 aliphatic carbocycles. The van der Waals surface area contributed by atoms with E-state index in [1.165, 1.54) is 0 Å². The summed E-state index contributed by atoms with van der Waals surface area (Å²) in [6, 6.07) is 9.17. The van der Waals surface area contributed by atoms with E-state index in [2.05, 4.69) is 5.32 Å². The average Bonchev–Trinajstić information content (AvgIpc) is 2.73. The zero-order chi connectivity index (χ0) is 20.0. The molecule has 28 heavy (non-hydrogen) atoms. The van der Waals surface area contributed by atoms with Crippen LogP contribution in [0, 0.1) is 5.92 Å². The highest BCUT2D eigenvalue weighted by atomic mass is 16.5. The number of aliphatic carboxylic acids is 1. The van der Waals surface area contributed by atoms with Crippen molar-refractivity contribution in [2.45, 2.75) is 50.5 Å². The van der Waals surface area contributed by atoms with Gasteiger partial charge in [-0.2, -0.15) is 0 Å². The number of benzene rings is 1. The molecular weight excluding hydrogens is 360 g/mol. The molecule has 7 nitrogen and oxygen atoms in total. The molecular formula is C21H28N2O5. The van der Waals surface area contributed by atoms with E-state index in [0.29, 0.717) is 44.5 Å². The van der Waals surface area contributed by atoms with Crippen molar-refractivity contribution in [2.24, 2.45) is 5.92 Å². The number of piperidine rings is 1. The van der Waals surface area contributed by atoms with Crippen molar-refractivity contribution in [1.82, 2.24) is 10.2 Å². The molecule has 2 N–H and O–H groups in total. The number of likely N-dealkylation sites (tertiary alicyclic amines) is 1. The third-order valence-electron chi connectivity index (χ3n) is 5.80. The molecule has 1 saturated heterocycles. The highest BCUT2D eigenvalue weighted by Crippen LogP contribution is 2.29. The average molecular weight is 388 g/mol. The van der Waals surface area contributed by atoms with E-state index in [1.807, 2.05) is 18.2 Å². The number of ether oxygens (including phenoxy) is 1. The highest BCUT2D eigenvalue weighted by molar-refractivity contribution is 5.88. The van der Waals surface area contributed by atoms with E-state index in [1.54, 1.807) is 17.0 Å². The maximum absolute atomic E-state index is 12.7. The monoisotopic (exact) mass is 388 g/mol. The maximum Gasteiger partial charge on any atom is 0.329 e. The maximum atomic E-state index is 12.7. The molecule has 2 fully saturated rings. The zero-order valence-electron chi connectivity index (χ0n) is 16.1. The van der Waals surface area contributed by atoms with Crippen LogP contribution in [0.1, 0.15) is 44.9 Å². The van der Waals surface area contributed by atoms with Gasteiger partial charge in [0, 0.05) is 19.0 Å². The molecule has 0 atom stereocenters. The van der Waals surface area contributed by atoms with E-state index < -0.39 is 11.5 Å². The topological polar surface area (TPSA) is 95.9 Å². The van der Waals surface area contributed by atoms with E-state index in [-0.39, 0.29) is 24.3 Å². The Morgan fingerprint density at radius 3 is 2.32 bits per heavy atom. The number of carbonyl (C=O) groups excluding carboxylic acids is 2. The molecule has 1 heterocycles. The smallest absolute Gasteiger partial charge is 0.329 e. The van der Waals surface area contributed by atoms with Crippen LogP contribution in [0.25, 0.3) is 0 Å². The third kappa shape index (κ3) is 4.82. The number of nitrogens with one attached hydrogen (secondary N) is 1. The van der Waals surface area contributed by atoms with Crippen molar-refractivity contribution in [2.75, 3.05) is 19.7 Å². The fourth-order valence-corrected chi connectivity index (χ4v) is 4.03. The first-order chi connectivity index (χ1) is 13.5. The summed E-state index contributed by atoms with van der Waals surface area (Å²) in [5.74, 6) is -0.839. The van der Waals surface area contributed by atoms with Crippen molar-refractivity contribution < 1.29 is 24.2 Å². The summed E-state index contributed by atoms with van der Waals surface area (Å²) < 4.78 is 5.50. The van der Waals surface area contributed by atoms with Gasteiger partial charge in [-0.05, 0) is 37.8 Å². The Bertz CT molecular complexity index is 692. The van der Waals surface area contributed by atoms with Crippen molar-refractivity contribution in [3.05, 3.63) is 30.3 Å². The molecule has 0 aromatic heterocycles. The van der Waals surface area contributed by atoms with Gasteiger partial charge in [-0.3, -0.25) is 9.59 Å². The first-order valence-electron chi connectivity index (χ1n) is 10.0. The summed E-state index contributed by atoms with van der Waals surface area (Å²) in [6.07, 6.45) is 4.71. The van der Waals surface area contributed by atoms with Gasteiger partial charge >= 0.3 is 5.97 Å². The van der Waals surface area contributed by atoms with E-state index in [0.717, 1.165) is 19.3 Å². The number of carboxylic acids is 1. The van der Waals surface area contributed by atoms with Crippen molar-refractivity contribution >= 4 is 17.8 Å². The Kier molecular flexibility index (Phi) is 6.54. The number of carbonyl (C=O) groups is 3. The number of hydrogen-bond donors (Lipinski definition) is 2. The van der Waals surface area contributed by atoms with Crippen LogP contribution in [-0.4, -0.2) is 53.0 Å². The number of hydrogen-bond acceptors (Lipinski definition) is 4. The Morgan fingerprint density at radius 2 is 1.71 bits per heavy atom. The van der Waals surface area contributed by atoms with Crippen LogP contribution in [0.3, 0.4) is 0 Å². The molecule has 1 aromatic rings. The van der Waals surface area contributed by atoms with Gasteiger partial charge in [0.05, 0.1) is 0 Å². The van der Waals surface area contributed by atoms with Crippen LogP contribution in [0.15, 0.2) is 30.3 Å². The predicted octanol–water partition coefficient (Wildman–Crippen LogP) is 2.21. The van der Waals surface area contributed by atoms with E-state index in [4.69, 9.17) is 4.74 Å². The molecule has 7 heteroatoms. The first kappa shape index (κ1) is 20.2. The molecule has 2 aliphatic rings. The molecule has 152 valence electrons. The van der Waals surface area contributed by atoms with Crippen LogP contribution in [0.5, 0.6) is 5.75 Å². The Balaban J connectivity index is 1.47. The second kappa shape index (κ2) is 9.08. The van der Waals surface area contributed by atoms with Gasteiger partial charge in [-0.25, -0.2) is 4.79 Å². The van der Waals surface area contributed by atoms with Crippen molar-refractivity contribution in [3.8, 4) is 5.75 Å². The van der Waals surface area contributed by atoms with Gasteiger partial charge in [0.2, 0.25) is 5.91 Å². The number of carboxylic acid groups (broad SMARTS) is 1. The standard InChI is InChI=1S/C21H28N2O5/c24-18(15-28-17-7-3-1-4-8-17)23-13-9-16(10-14-23)19(25)22-21(20(26)27)11-5-2-6-12-21/h1,3-4,7-8,16H,2,5-6,9-15H2,(H,22,25)(H,26,27). The molecule has 0 bridgehead atoms. The lowest BCUT2D eigenvalue weighted by molar-refractivity contribution is -0.150. The van der Waals surface area contributed by atoms with Crippen molar-refractivity contribution in [1.29, 1.82) is 0 Å². The molecule has 3 rings (SSSR count). The molecule has 1 saturated carbocycles. The van der Waals surface area contributed by atoms with Crippen LogP contribution in [0.4, 0.5) is 0 Å². The van der Waals surface area contributed by atoms with Gasteiger partial charge in [-0.15, -0.1) is 0 Å². The lowest BCUT2D eigenvalue weighted by Gasteiger charge is -2.37. The van der Waals surface area contributed by atoms with Gasteiger partial charge < -0.3 is 20.1 Å². The molecule has 0 unspecified atom stereocenters. The quantitative estimate of drug-likeness (QED) is 0.779. The SMILES string of the molecule is O=C(NC1(C(=O)O)CCCCC1)C1CCN(C(=O)COc2ccccc2)CC1.